The summed E-state index contributed by atoms with van der Waals surface area (Å²) in [4.78, 5) is 15.3. The fraction of sp³-hybridized carbons (Fsp3) is 0.250. The van der Waals surface area contributed by atoms with Gasteiger partial charge in [0.1, 0.15) is 11.9 Å². The van der Waals surface area contributed by atoms with E-state index in [0.29, 0.717) is 11.3 Å². The zero-order chi connectivity index (χ0) is 12.4. The van der Waals surface area contributed by atoms with Gasteiger partial charge < -0.3 is 9.67 Å². The summed E-state index contributed by atoms with van der Waals surface area (Å²) in [6, 6.07) is 8.55. The maximum atomic E-state index is 11.1. The van der Waals surface area contributed by atoms with Crippen molar-refractivity contribution in [1.82, 2.24) is 9.55 Å². The molecule has 0 aliphatic carbocycles. The van der Waals surface area contributed by atoms with Crippen LogP contribution in [0.1, 0.15) is 18.8 Å². The summed E-state index contributed by atoms with van der Waals surface area (Å²) in [6.07, 6.45) is 0.103. The number of hydrogen-bond donors (Lipinski definition) is 1. The van der Waals surface area contributed by atoms with Crippen molar-refractivity contribution < 1.29 is 9.90 Å². The van der Waals surface area contributed by atoms with Crippen molar-refractivity contribution in [3.05, 3.63) is 30.1 Å². The Bertz CT molecular complexity index is 610. The van der Waals surface area contributed by atoms with Gasteiger partial charge in [-0.15, -0.1) is 0 Å². The van der Waals surface area contributed by atoms with Crippen LogP contribution in [0.3, 0.4) is 0 Å². The molecule has 0 unspecified atom stereocenters. The van der Waals surface area contributed by atoms with Gasteiger partial charge in [-0.25, -0.2) is 9.78 Å². The quantitative estimate of drug-likeness (QED) is 0.869. The van der Waals surface area contributed by atoms with Gasteiger partial charge >= 0.3 is 5.97 Å². The van der Waals surface area contributed by atoms with Gasteiger partial charge in [-0.1, -0.05) is 12.1 Å². The summed E-state index contributed by atoms with van der Waals surface area (Å²) in [7, 11) is 0. The highest BCUT2D eigenvalue weighted by Gasteiger charge is 2.20. The molecule has 17 heavy (non-hydrogen) atoms. The molecule has 1 heterocycles. The van der Waals surface area contributed by atoms with Crippen molar-refractivity contribution in [2.75, 3.05) is 0 Å². The Balaban J connectivity index is 2.68. The summed E-state index contributed by atoms with van der Waals surface area (Å²) in [5.41, 5.74) is 1.46. The number of fused-ring (bicyclic) bond motifs is 1. The topological polar surface area (TPSA) is 78.9 Å². The van der Waals surface area contributed by atoms with Crippen LogP contribution < -0.4 is 0 Å². The summed E-state index contributed by atoms with van der Waals surface area (Å²) in [6.45, 7) is 1.58. The van der Waals surface area contributed by atoms with E-state index in [-0.39, 0.29) is 6.42 Å². The van der Waals surface area contributed by atoms with Crippen LogP contribution in [0.25, 0.3) is 11.0 Å². The normalized spacial score (nSPS) is 12.2. The van der Waals surface area contributed by atoms with Crippen molar-refractivity contribution in [1.29, 1.82) is 5.26 Å². The van der Waals surface area contributed by atoms with E-state index in [0.717, 1.165) is 5.52 Å². The number of carboxylic acids is 1. The molecule has 0 aliphatic heterocycles. The van der Waals surface area contributed by atoms with Crippen molar-refractivity contribution >= 4 is 17.0 Å². The predicted molar refractivity (Wildman–Crippen MR) is 61.4 cm³/mol. The highest BCUT2D eigenvalue weighted by Crippen LogP contribution is 2.21. The van der Waals surface area contributed by atoms with Gasteiger partial charge in [0.25, 0.3) is 0 Å². The van der Waals surface area contributed by atoms with Crippen LogP contribution in [0.15, 0.2) is 24.3 Å². The van der Waals surface area contributed by atoms with Gasteiger partial charge in [0.05, 0.1) is 23.5 Å². The van der Waals surface area contributed by atoms with E-state index < -0.39 is 12.0 Å². The van der Waals surface area contributed by atoms with Crippen LogP contribution in [0.4, 0.5) is 0 Å². The van der Waals surface area contributed by atoms with Gasteiger partial charge in [-0.3, -0.25) is 0 Å². The van der Waals surface area contributed by atoms with Crippen molar-refractivity contribution in [3.63, 3.8) is 0 Å². The molecule has 86 valence electrons. The fourth-order valence-electron chi connectivity index (χ4n) is 1.83. The third kappa shape index (κ3) is 1.85. The Morgan fingerprint density at radius 3 is 2.94 bits per heavy atom. The molecule has 0 fully saturated rings. The molecule has 1 atom stereocenters. The van der Waals surface area contributed by atoms with Crippen LogP contribution in [0, 0.1) is 11.3 Å². The minimum absolute atomic E-state index is 0.103. The largest absolute Gasteiger partial charge is 0.480 e. The number of nitrogens with zero attached hydrogens (tertiary/aromatic N) is 3. The number of benzene rings is 1. The molecule has 2 rings (SSSR count). The average molecular weight is 229 g/mol. The molecule has 1 aromatic heterocycles. The molecular formula is C12H11N3O2. The van der Waals surface area contributed by atoms with E-state index in [1.54, 1.807) is 17.6 Å². The number of nitriles is 1. The van der Waals surface area contributed by atoms with E-state index in [9.17, 15) is 4.79 Å². The lowest BCUT2D eigenvalue weighted by atomic mass is 10.2. The molecule has 0 spiro atoms. The molecule has 5 heteroatoms. The number of imidazole rings is 1. The molecule has 0 saturated carbocycles. The highest BCUT2D eigenvalue weighted by molar-refractivity contribution is 5.80. The maximum absolute atomic E-state index is 11.1. The molecule has 1 aromatic carbocycles. The molecule has 1 N–H and O–H groups in total. The van der Waals surface area contributed by atoms with Crippen molar-refractivity contribution in [2.24, 2.45) is 0 Å². The number of rotatable bonds is 3. The first-order chi connectivity index (χ1) is 8.15. The number of para-hydroxylation sites is 2. The van der Waals surface area contributed by atoms with E-state index >= 15 is 0 Å². The second-order valence-electron chi connectivity index (χ2n) is 3.74. The summed E-state index contributed by atoms with van der Waals surface area (Å²) in [5, 5.41) is 17.8. The summed E-state index contributed by atoms with van der Waals surface area (Å²) < 4.78 is 1.60. The van der Waals surface area contributed by atoms with Gasteiger partial charge in [0.2, 0.25) is 0 Å². The van der Waals surface area contributed by atoms with Crippen molar-refractivity contribution in [2.45, 2.75) is 19.4 Å². The molecule has 0 aliphatic rings. The first kappa shape index (κ1) is 11.1. The Morgan fingerprint density at radius 1 is 1.59 bits per heavy atom. The first-order valence-electron chi connectivity index (χ1n) is 5.20. The highest BCUT2D eigenvalue weighted by atomic mass is 16.4. The number of carbonyl (C=O) groups is 1. The van der Waals surface area contributed by atoms with Crippen LogP contribution in [-0.4, -0.2) is 20.6 Å². The molecular weight excluding hydrogens is 218 g/mol. The fourth-order valence-corrected chi connectivity index (χ4v) is 1.83. The van der Waals surface area contributed by atoms with E-state index in [2.05, 4.69) is 4.98 Å². The zero-order valence-corrected chi connectivity index (χ0v) is 9.29. The second-order valence-corrected chi connectivity index (χ2v) is 3.74. The summed E-state index contributed by atoms with van der Waals surface area (Å²) >= 11 is 0. The smallest absolute Gasteiger partial charge is 0.326 e. The molecule has 0 amide bonds. The standard InChI is InChI=1S/C12H11N3O2/c1-8(12(16)17)15-10-5-3-2-4-9(10)14-11(15)6-7-13/h2-5,8H,6H2,1H3,(H,16,17)/t8-/m0/s1. The molecule has 2 aromatic rings. The molecule has 0 radical (unpaired) electrons. The van der Waals surface area contributed by atoms with Gasteiger partial charge in [0.15, 0.2) is 0 Å². The summed E-state index contributed by atoms with van der Waals surface area (Å²) in [5.74, 6) is -0.448. The van der Waals surface area contributed by atoms with Crippen LogP contribution >= 0.6 is 0 Å². The second kappa shape index (κ2) is 4.26. The Hall–Kier alpha value is -2.35. The lowest BCUT2D eigenvalue weighted by Crippen LogP contribution is -2.17. The maximum Gasteiger partial charge on any atom is 0.326 e. The number of hydrogen-bond acceptors (Lipinski definition) is 3. The SMILES string of the molecule is C[C@@H](C(=O)O)n1c(CC#N)nc2ccccc21. The van der Waals surface area contributed by atoms with Gasteiger partial charge in [0, 0.05) is 0 Å². The Labute approximate surface area is 97.9 Å². The van der Waals surface area contributed by atoms with E-state index in [1.807, 2.05) is 24.3 Å². The Kier molecular flexibility index (Phi) is 2.79. The van der Waals surface area contributed by atoms with E-state index in [4.69, 9.17) is 10.4 Å². The Morgan fingerprint density at radius 2 is 2.29 bits per heavy atom. The third-order valence-corrected chi connectivity index (χ3v) is 2.65. The number of carboxylic acid groups (broad SMARTS) is 1. The third-order valence-electron chi connectivity index (χ3n) is 2.65. The molecule has 0 saturated heterocycles. The monoisotopic (exact) mass is 229 g/mol. The van der Waals surface area contributed by atoms with Gasteiger partial charge in [-0.05, 0) is 19.1 Å². The lowest BCUT2D eigenvalue weighted by Gasteiger charge is -2.11. The first-order valence-corrected chi connectivity index (χ1v) is 5.20. The number of aromatic nitrogens is 2. The van der Waals surface area contributed by atoms with Crippen molar-refractivity contribution in [3.8, 4) is 6.07 Å². The van der Waals surface area contributed by atoms with Crippen LogP contribution in [-0.2, 0) is 11.2 Å². The van der Waals surface area contributed by atoms with Gasteiger partial charge in [-0.2, -0.15) is 5.26 Å². The van der Waals surface area contributed by atoms with Crippen LogP contribution in [0.2, 0.25) is 0 Å². The predicted octanol–water partition coefficient (Wildman–Crippen LogP) is 1.75. The van der Waals surface area contributed by atoms with E-state index in [1.165, 1.54) is 0 Å². The average Bonchev–Trinajstić information content (AvgIpc) is 2.66. The van der Waals surface area contributed by atoms with Crippen LogP contribution in [0.5, 0.6) is 0 Å². The molecule has 0 bridgehead atoms. The minimum Gasteiger partial charge on any atom is -0.480 e. The number of aliphatic carboxylic acids is 1. The zero-order valence-electron chi connectivity index (χ0n) is 9.29. The lowest BCUT2D eigenvalue weighted by molar-refractivity contribution is -0.140. The molecule has 5 nitrogen and oxygen atoms in total. The minimum atomic E-state index is -0.938.